The summed E-state index contributed by atoms with van der Waals surface area (Å²) in [5.74, 6) is 1.32. The highest BCUT2D eigenvalue weighted by Gasteiger charge is 2.34. The van der Waals surface area contributed by atoms with E-state index in [1.807, 2.05) is 6.92 Å². The zero-order chi connectivity index (χ0) is 20.9. The van der Waals surface area contributed by atoms with E-state index in [2.05, 4.69) is 32.3 Å². The maximum absolute atomic E-state index is 11.3. The minimum Gasteiger partial charge on any atom is -0.481 e. The Bertz CT molecular complexity index is 868. The van der Waals surface area contributed by atoms with Gasteiger partial charge in [0.15, 0.2) is 0 Å². The first-order chi connectivity index (χ1) is 14.6. The number of pyridine rings is 1. The second kappa shape index (κ2) is 9.49. The molecule has 1 atom stereocenters. The smallest absolute Gasteiger partial charge is 0.305 e. The number of carboxylic acids is 1. The van der Waals surface area contributed by atoms with Gasteiger partial charge in [-0.1, -0.05) is 6.07 Å². The lowest BCUT2D eigenvalue weighted by molar-refractivity contribution is -0.139. The van der Waals surface area contributed by atoms with Crippen LogP contribution in [0.3, 0.4) is 0 Å². The number of rotatable bonds is 9. The molecule has 2 aromatic rings. The summed E-state index contributed by atoms with van der Waals surface area (Å²) in [5.41, 5.74) is 3.21. The van der Waals surface area contributed by atoms with Crippen molar-refractivity contribution in [1.82, 2.24) is 19.9 Å². The largest absolute Gasteiger partial charge is 0.481 e. The molecule has 4 rings (SSSR count). The normalized spacial score (nSPS) is 17.6. The molecule has 8 heteroatoms. The van der Waals surface area contributed by atoms with Gasteiger partial charge in [0, 0.05) is 61.7 Å². The first-order valence-corrected chi connectivity index (χ1v) is 10.6. The summed E-state index contributed by atoms with van der Waals surface area (Å²) in [7, 11) is 0. The molecule has 0 spiro atoms. The molecule has 30 heavy (non-hydrogen) atoms. The van der Waals surface area contributed by atoms with E-state index in [1.54, 1.807) is 12.4 Å². The summed E-state index contributed by atoms with van der Waals surface area (Å²) in [5, 5.41) is 12.7. The van der Waals surface area contributed by atoms with E-state index in [-0.39, 0.29) is 12.5 Å². The summed E-state index contributed by atoms with van der Waals surface area (Å²) >= 11 is 0. The van der Waals surface area contributed by atoms with Crippen molar-refractivity contribution in [3.63, 3.8) is 0 Å². The van der Waals surface area contributed by atoms with Gasteiger partial charge in [-0.25, -0.2) is 15.0 Å². The SMILES string of the molecule is Cc1ncc([C@@H](CC(=O)O)N2CC(COCCc3ccc4c(n3)NCCC4)C2)cn1. The predicted octanol–water partition coefficient (Wildman–Crippen LogP) is 2.25. The molecule has 1 fully saturated rings. The highest BCUT2D eigenvalue weighted by Crippen LogP contribution is 2.31. The standard InChI is InChI=1S/C22H29N5O3/c1-15-24-10-18(11-25-15)20(9-21(28)29)27-12-16(13-27)14-30-8-6-19-5-4-17-3-2-7-23-22(17)26-19/h4-5,10-11,16,20H,2-3,6-9,12-14H2,1H3,(H,23,26)(H,28,29)/t20-/m1/s1. The number of ether oxygens (including phenoxy) is 1. The van der Waals surface area contributed by atoms with Gasteiger partial charge in [0.05, 0.1) is 19.6 Å². The van der Waals surface area contributed by atoms with Crippen LogP contribution in [0.4, 0.5) is 5.82 Å². The molecule has 2 aromatic heterocycles. The number of likely N-dealkylation sites (tertiary alicyclic amines) is 1. The topological polar surface area (TPSA) is 100 Å². The van der Waals surface area contributed by atoms with Crippen LogP contribution >= 0.6 is 0 Å². The third-order valence-corrected chi connectivity index (χ3v) is 5.79. The average Bonchev–Trinajstić information content (AvgIpc) is 2.71. The second-order valence-corrected chi connectivity index (χ2v) is 8.16. The third kappa shape index (κ3) is 5.12. The van der Waals surface area contributed by atoms with E-state index in [0.29, 0.717) is 25.0 Å². The van der Waals surface area contributed by atoms with Gasteiger partial charge in [-0.2, -0.15) is 0 Å². The van der Waals surface area contributed by atoms with Crippen LogP contribution < -0.4 is 5.32 Å². The van der Waals surface area contributed by atoms with Crippen molar-refractivity contribution in [3.05, 3.63) is 47.2 Å². The molecule has 1 saturated heterocycles. The molecule has 0 aromatic carbocycles. The lowest BCUT2D eigenvalue weighted by Gasteiger charge is -2.43. The molecule has 0 radical (unpaired) electrons. The van der Waals surface area contributed by atoms with Crippen LogP contribution in [0.2, 0.25) is 0 Å². The fourth-order valence-electron chi connectivity index (χ4n) is 4.10. The fourth-order valence-corrected chi connectivity index (χ4v) is 4.10. The van der Waals surface area contributed by atoms with Gasteiger partial charge >= 0.3 is 5.97 Å². The molecule has 0 bridgehead atoms. The number of anilines is 1. The van der Waals surface area contributed by atoms with Crippen molar-refractivity contribution in [1.29, 1.82) is 0 Å². The molecule has 0 amide bonds. The Balaban J connectivity index is 1.21. The predicted molar refractivity (Wildman–Crippen MR) is 112 cm³/mol. The minimum atomic E-state index is -0.813. The van der Waals surface area contributed by atoms with Gasteiger partial charge in [-0.15, -0.1) is 0 Å². The van der Waals surface area contributed by atoms with Gasteiger partial charge in [0.1, 0.15) is 11.6 Å². The molecule has 0 saturated carbocycles. The maximum Gasteiger partial charge on any atom is 0.305 e. The van der Waals surface area contributed by atoms with E-state index < -0.39 is 5.97 Å². The lowest BCUT2D eigenvalue weighted by Crippen LogP contribution is -2.50. The van der Waals surface area contributed by atoms with Crippen molar-refractivity contribution in [3.8, 4) is 0 Å². The molecular formula is C22H29N5O3. The molecule has 4 heterocycles. The molecule has 2 N–H and O–H groups in total. The van der Waals surface area contributed by atoms with Crippen molar-refractivity contribution >= 4 is 11.8 Å². The van der Waals surface area contributed by atoms with Crippen LogP contribution in [0.25, 0.3) is 0 Å². The Labute approximate surface area is 176 Å². The first kappa shape index (κ1) is 20.7. The number of nitrogens with zero attached hydrogens (tertiary/aromatic N) is 4. The molecule has 2 aliphatic heterocycles. The summed E-state index contributed by atoms with van der Waals surface area (Å²) < 4.78 is 5.89. The van der Waals surface area contributed by atoms with Crippen LogP contribution in [-0.4, -0.2) is 63.8 Å². The molecule has 2 aliphatic rings. The van der Waals surface area contributed by atoms with Gasteiger partial charge in [-0.3, -0.25) is 9.69 Å². The molecular weight excluding hydrogens is 382 g/mol. The van der Waals surface area contributed by atoms with Crippen LogP contribution in [0.5, 0.6) is 0 Å². The zero-order valence-electron chi connectivity index (χ0n) is 17.4. The zero-order valence-corrected chi connectivity index (χ0v) is 17.4. The lowest BCUT2D eigenvalue weighted by atomic mass is 9.94. The minimum absolute atomic E-state index is 0.0536. The van der Waals surface area contributed by atoms with E-state index in [9.17, 15) is 9.90 Å². The highest BCUT2D eigenvalue weighted by molar-refractivity contribution is 5.67. The Morgan fingerprint density at radius 1 is 1.33 bits per heavy atom. The summed E-state index contributed by atoms with van der Waals surface area (Å²) in [6.07, 6.45) is 6.59. The van der Waals surface area contributed by atoms with Gasteiger partial charge in [0.2, 0.25) is 0 Å². The third-order valence-electron chi connectivity index (χ3n) is 5.79. The number of aryl methyl sites for hydroxylation is 2. The van der Waals surface area contributed by atoms with Crippen molar-refractivity contribution in [2.24, 2.45) is 5.92 Å². The van der Waals surface area contributed by atoms with E-state index >= 15 is 0 Å². The van der Waals surface area contributed by atoms with Crippen LogP contribution in [0, 0.1) is 12.8 Å². The number of aromatic nitrogens is 3. The molecule has 160 valence electrons. The molecule has 8 nitrogen and oxygen atoms in total. The Hall–Kier alpha value is -2.58. The number of fused-ring (bicyclic) bond motifs is 1. The first-order valence-electron chi connectivity index (χ1n) is 10.6. The molecule has 0 unspecified atom stereocenters. The van der Waals surface area contributed by atoms with Crippen molar-refractivity contribution in [2.75, 3.05) is 38.2 Å². The Kier molecular flexibility index (Phi) is 6.54. The monoisotopic (exact) mass is 411 g/mol. The fraction of sp³-hybridized carbons (Fsp3) is 0.545. The Morgan fingerprint density at radius 3 is 2.90 bits per heavy atom. The maximum atomic E-state index is 11.3. The number of hydrogen-bond acceptors (Lipinski definition) is 7. The van der Waals surface area contributed by atoms with Crippen LogP contribution in [0.15, 0.2) is 24.5 Å². The number of nitrogens with one attached hydrogen (secondary N) is 1. The van der Waals surface area contributed by atoms with Gasteiger partial charge in [0.25, 0.3) is 0 Å². The molecule has 0 aliphatic carbocycles. The number of carbonyl (C=O) groups is 1. The quantitative estimate of drug-likeness (QED) is 0.606. The highest BCUT2D eigenvalue weighted by atomic mass is 16.5. The summed E-state index contributed by atoms with van der Waals surface area (Å²) in [6, 6.07) is 4.08. The number of hydrogen-bond donors (Lipinski definition) is 2. The Morgan fingerprint density at radius 2 is 2.13 bits per heavy atom. The van der Waals surface area contributed by atoms with Crippen LogP contribution in [-0.2, 0) is 22.4 Å². The number of aliphatic carboxylic acids is 1. The summed E-state index contributed by atoms with van der Waals surface area (Å²) in [6.45, 7) is 5.80. The van der Waals surface area contributed by atoms with Crippen molar-refractivity contribution < 1.29 is 14.6 Å². The van der Waals surface area contributed by atoms with Gasteiger partial charge in [-0.05, 0) is 31.4 Å². The van der Waals surface area contributed by atoms with Gasteiger partial charge < -0.3 is 15.2 Å². The summed E-state index contributed by atoms with van der Waals surface area (Å²) in [4.78, 5) is 26.6. The van der Waals surface area contributed by atoms with E-state index in [0.717, 1.165) is 49.6 Å². The average molecular weight is 412 g/mol. The number of carboxylic acid groups (broad SMARTS) is 1. The van der Waals surface area contributed by atoms with E-state index in [1.165, 1.54) is 12.0 Å². The van der Waals surface area contributed by atoms with Crippen molar-refractivity contribution in [2.45, 2.75) is 38.6 Å². The van der Waals surface area contributed by atoms with E-state index in [4.69, 9.17) is 9.72 Å². The second-order valence-electron chi connectivity index (χ2n) is 8.16. The van der Waals surface area contributed by atoms with Crippen LogP contribution in [0.1, 0.15) is 41.5 Å².